The van der Waals surface area contributed by atoms with Gasteiger partial charge in [0, 0.05) is 18.9 Å². The van der Waals surface area contributed by atoms with Gasteiger partial charge in [-0.2, -0.15) is 0 Å². The minimum atomic E-state index is -0.250. The van der Waals surface area contributed by atoms with Gasteiger partial charge in [-0.1, -0.05) is 36.4 Å². The lowest BCUT2D eigenvalue weighted by Gasteiger charge is -2.11. The van der Waals surface area contributed by atoms with Crippen LogP contribution in [0.15, 0.2) is 53.0 Å². The second-order valence-electron chi connectivity index (χ2n) is 4.91. The SMILES string of the molecule is COc1ccc(CC(=O)CC(N)c2ccccc2)cc1Br. The van der Waals surface area contributed by atoms with E-state index in [0.717, 1.165) is 21.3 Å². The number of ether oxygens (including phenoxy) is 1. The van der Waals surface area contributed by atoms with Gasteiger partial charge < -0.3 is 10.5 Å². The van der Waals surface area contributed by atoms with Crippen LogP contribution in [0, 0.1) is 0 Å². The van der Waals surface area contributed by atoms with E-state index in [4.69, 9.17) is 10.5 Å². The molecule has 2 N–H and O–H groups in total. The van der Waals surface area contributed by atoms with E-state index in [0.29, 0.717) is 12.8 Å². The highest BCUT2D eigenvalue weighted by atomic mass is 79.9. The molecule has 0 amide bonds. The minimum Gasteiger partial charge on any atom is -0.496 e. The lowest BCUT2D eigenvalue weighted by atomic mass is 9.99. The highest BCUT2D eigenvalue weighted by molar-refractivity contribution is 9.10. The largest absolute Gasteiger partial charge is 0.496 e. The van der Waals surface area contributed by atoms with E-state index in [2.05, 4.69) is 15.9 Å². The third-order valence-corrected chi connectivity index (χ3v) is 3.91. The Hall–Kier alpha value is -1.65. The summed E-state index contributed by atoms with van der Waals surface area (Å²) in [5.41, 5.74) is 8.01. The van der Waals surface area contributed by atoms with E-state index in [1.807, 2.05) is 48.5 Å². The molecule has 3 nitrogen and oxygen atoms in total. The Morgan fingerprint density at radius 1 is 1.24 bits per heavy atom. The summed E-state index contributed by atoms with van der Waals surface area (Å²) in [5, 5.41) is 0. The molecule has 2 aromatic rings. The molecule has 0 aliphatic rings. The maximum atomic E-state index is 12.1. The van der Waals surface area contributed by atoms with Crippen LogP contribution in [0.3, 0.4) is 0 Å². The number of Topliss-reactive ketones (excluding diaryl/α,β-unsaturated/α-hetero) is 1. The number of carbonyl (C=O) groups is 1. The Morgan fingerprint density at radius 2 is 1.95 bits per heavy atom. The third-order valence-electron chi connectivity index (χ3n) is 3.29. The number of rotatable bonds is 6. The fraction of sp³-hybridized carbons (Fsp3) is 0.235. The van der Waals surface area contributed by atoms with Crippen LogP contribution in [0.5, 0.6) is 5.75 Å². The zero-order chi connectivity index (χ0) is 15.2. The number of nitrogens with two attached hydrogens (primary N) is 1. The van der Waals surface area contributed by atoms with Crippen molar-refractivity contribution in [2.45, 2.75) is 18.9 Å². The molecule has 0 radical (unpaired) electrons. The van der Waals surface area contributed by atoms with Crippen LogP contribution in [-0.4, -0.2) is 12.9 Å². The van der Waals surface area contributed by atoms with Crippen LogP contribution >= 0.6 is 15.9 Å². The van der Waals surface area contributed by atoms with E-state index >= 15 is 0 Å². The molecule has 0 aliphatic heterocycles. The van der Waals surface area contributed by atoms with Crippen LogP contribution < -0.4 is 10.5 Å². The summed E-state index contributed by atoms with van der Waals surface area (Å²) in [7, 11) is 1.61. The molecule has 0 saturated heterocycles. The highest BCUT2D eigenvalue weighted by Crippen LogP contribution is 2.26. The van der Waals surface area contributed by atoms with Gasteiger partial charge in [0.25, 0.3) is 0 Å². The van der Waals surface area contributed by atoms with Gasteiger partial charge in [0.05, 0.1) is 11.6 Å². The van der Waals surface area contributed by atoms with Crippen molar-refractivity contribution in [1.29, 1.82) is 0 Å². The smallest absolute Gasteiger partial charge is 0.139 e. The Morgan fingerprint density at radius 3 is 2.57 bits per heavy atom. The molecule has 1 unspecified atom stereocenters. The lowest BCUT2D eigenvalue weighted by Crippen LogP contribution is -2.16. The van der Waals surface area contributed by atoms with Crippen LogP contribution in [0.25, 0.3) is 0 Å². The summed E-state index contributed by atoms with van der Waals surface area (Å²) in [6.07, 6.45) is 0.719. The lowest BCUT2D eigenvalue weighted by molar-refractivity contribution is -0.118. The molecular formula is C17H18BrNO2. The average Bonchev–Trinajstić information content (AvgIpc) is 2.48. The summed E-state index contributed by atoms with van der Waals surface area (Å²) in [6.45, 7) is 0. The van der Waals surface area contributed by atoms with E-state index in [9.17, 15) is 4.79 Å². The van der Waals surface area contributed by atoms with Gasteiger partial charge in [-0.25, -0.2) is 0 Å². The average molecular weight is 348 g/mol. The standard InChI is InChI=1S/C17H18BrNO2/c1-21-17-8-7-12(10-15(17)18)9-14(20)11-16(19)13-5-3-2-4-6-13/h2-8,10,16H,9,11,19H2,1H3. The first-order valence-electron chi connectivity index (χ1n) is 6.75. The highest BCUT2D eigenvalue weighted by Gasteiger charge is 2.12. The van der Waals surface area contributed by atoms with Crippen molar-refractivity contribution >= 4 is 21.7 Å². The van der Waals surface area contributed by atoms with Crippen LogP contribution in [0.1, 0.15) is 23.6 Å². The Labute approximate surface area is 133 Å². The van der Waals surface area contributed by atoms with Gasteiger partial charge in [0.15, 0.2) is 0 Å². The second-order valence-corrected chi connectivity index (χ2v) is 5.76. The topological polar surface area (TPSA) is 52.3 Å². The van der Waals surface area contributed by atoms with Crippen LogP contribution in [-0.2, 0) is 11.2 Å². The van der Waals surface area contributed by atoms with Crippen LogP contribution in [0.2, 0.25) is 0 Å². The predicted molar refractivity (Wildman–Crippen MR) is 87.4 cm³/mol. The van der Waals surface area contributed by atoms with Crippen molar-refractivity contribution in [2.24, 2.45) is 5.73 Å². The zero-order valence-corrected chi connectivity index (χ0v) is 13.5. The molecular weight excluding hydrogens is 330 g/mol. The molecule has 1 atom stereocenters. The van der Waals surface area contributed by atoms with Gasteiger partial charge in [-0.05, 0) is 39.2 Å². The number of methoxy groups -OCH3 is 1. The first kappa shape index (κ1) is 15.7. The normalized spacial score (nSPS) is 12.0. The van der Waals surface area contributed by atoms with Crippen LogP contribution in [0.4, 0.5) is 0 Å². The van der Waals surface area contributed by atoms with Gasteiger partial charge in [-0.3, -0.25) is 4.79 Å². The Kier molecular flexibility index (Phi) is 5.53. The molecule has 0 bridgehead atoms. The number of hydrogen-bond acceptors (Lipinski definition) is 3. The molecule has 4 heteroatoms. The molecule has 0 aliphatic carbocycles. The molecule has 2 aromatic carbocycles. The van der Waals surface area contributed by atoms with Gasteiger partial charge in [0.1, 0.15) is 11.5 Å². The van der Waals surface area contributed by atoms with Gasteiger partial charge in [0.2, 0.25) is 0 Å². The maximum Gasteiger partial charge on any atom is 0.139 e. The van der Waals surface area contributed by atoms with E-state index in [1.165, 1.54) is 0 Å². The molecule has 2 rings (SSSR count). The maximum absolute atomic E-state index is 12.1. The van der Waals surface area contributed by atoms with E-state index in [-0.39, 0.29) is 11.8 Å². The molecule has 0 spiro atoms. The predicted octanol–water partition coefficient (Wildman–Crippen LogP) is 3.66. The zero-order valence-electron chi connectivity index (χ0n) is 11.9. The summed E-state index contributed by atoms with van der Waals surface area (Å²) in [4.78, 5) is 12.1. The van der Waals surface area contributed by atoms with Gasteiger partial charge >= 0.3 is 0 Å². The summed E-state index contributed by atoms with van der Waals surface area (Å²) in [5.74, 6) is 0.885. The molecule has 21 heavy (non-hydrogen) atoms. The van der Waals surface area contributed by atoms with E-state index < -0.39 is 0 Å². The van der Waals surface area contributed by atoms with Crippen molar-refractivity contribution in [3.63, 3.8) is 0 Å². The molecule has 0 saturated carbocycles. The summed E-state index contributed by atoms with van der Waals surface area (Å²) >= 11 is 3.42. The molecule has 0 fully saturated rings. The quantitative estimate of drug-likeness (QED) is 0.867. The van der Waals surface area contributed by atoms with Gasteiger partial charge in [-0.15, -0.1) is 0 Å². The van der Waals surface area contributed by atoms with Crippen molar-refractivity contribution in [1.82, 2.24) is 0 Å². The fourth-order valence-electron chi connectivity index (χ4n) is 2.18. The summed E-state index contributed by atoms with van der Waals surface area (Å²) in [6, 6.07) is 15.1. The molecule has 0 heterocycles. The van der Waals surface area contributed by atoms with Crippen molar-refractivity contribution in [3.8, 4) is 5.75 Å². The number of carbonyl (C=O) groups excluding carboxylic acids is 1. The van der Waals surface area contributed by atoms with Crippen molar-refractivity contribution in [3.05, 3.63) is 64.1 Å². The summed E-state index contributed by atoms with van der Waals surface area (Å²) < 4.78 is 6.03. The monoisotopic (exact) mass is 347 g/mol. The van der Waals surface area contributed by atoms with Crippen molar-refractivity contribution < 1.29 is 9.53 Å². The number of hydrogen-bond donors (Lipinski definition) is 1. The second kappa shape index (κ2) is 7.38. The first-order chi connectivity index (χ1) is 10.1. The fourth-order valence-corrected chi connectivity index (χ4v) is 2.77. The van der Waals surface area contributed by atoms with E-state index in [1.54, 1.807) is 7.11 Å². The number of halogens is 1. The molecule has 0 aromatic heterocycles. The minimum absolute atomic E-state index is 0.128. The Balaban J connectivity index is 1.97. The Bertz CT molecular complexity index is 613. The first-order valence-corrected chi connectivity index (χ1v) is 7.54. The number of benzene rings is 2. The third kappa shape index (κ3) is 4.41. The number of ketones is 1. The molecule has 110 valence electrons. The van der Waals surface area contributed by atoms with Crippen molar-refractivity contribution in [2.75, 3.05) is 7.11 Å².